The van der Waals surface area contributed by atoms with Crippen molar-refractivity contribution in [3.05, 3.63) is 47.7 Å². The predicted octanol–water partition coefficient (Wildman–Crippen LogP) is 3.04. The number of rotatable bonds is 5. The second-order valence-electron chi connectivity index (χ2n) is 4.52. The molecular formula is C15H16N4S. The highest BCUT2D eigenvalue weighted by molar-refractivity contribution is 7.99. The number of aromatic nitrogens is 2. The van der Waals surface area contributed by atoms with Gasteiger partial charge in [-0.2, -0.15) is 5.26 Å². The molecule has 0 amide bonds. The molecule has 20 heavy (non-hydrogen) atoms. The van der Waals surface area contributed by atoms with Crippen molar-refractivity contribution in [1.29, 1.82) is 5.26 Å². The summed E-state index contributed by atoms with van der Waals surface area (Å²) in [6, 6.07) is 12.4. The van der Waals surface area contributed by atoms with Crippen molar-refractivity contribution in [3.8, 4) is 6.07 Å². The van der Waals surface area contributed by atoms with Gasteiger partial charge in [0, 0.05) is 5.25 Å². The zero-order valence-corrected chi connectivity index (χ0v) is 12.1. The number of nitrogens with zero attached hydrogens (tertiary/aromatic N) is 3. The van der Waals surface area contributed by atoms with Gasteiger partial charge in [-0.3, -0.25) is 0 Å². The molecule has 1 atom stereocenters. The lowest BCUT2D eigenvalue weighted by Crippen LogP contribution is -2.03. The number of aryl methyl sites for hydroxylation is 1. The molecule has 1 unspecified atom stereocenters. The van der Waals surface area contributed by atoms with Crippen molar-refractivity contribution >= 4 is 17.6 Å². The Bertz CT molecular complexity index is 607. The fourth-order valence-corrected chi connectivity index (χ4v) is 2.63. The van der Waals surface area contributed by atoms with E-state index >= 15 is 0 Å². The van der Waals surface area contributed by atoms with E-state index in [0.717, 1.165) is 12.8 Å². The fraction of sp³-hybridized carbons (Fsp3) is 0.267. The summed E-state index contributed by atoms with van der Waals surface area (Å²) in [5.74, 6) is 0.250. The van der Waals surface area contributed by atoms with Crippen LogP contribution in [0.15, 0.2) is 41.7 Å². The maximum absolute atomic E-state index is 8.78. The Labute approximate surface area is 123 Å². The molecule has 1 aromatic heterocycles. The highest BCUT2D eigenvalue weighted by Crippen LogP contribution is 2.24. The van der Waals surface area contributed by atoms with E-state index in [1.54, 1.807) is 11.8 Å². The molecule has 5 heteroatoms. The first-order valence-electron chi connectivity index (χ1n) is 6.42. The normalized spacial score (nSPS) is 11.8. The van der Waals surface area contributed by atoms with Gasteiger partial charge in [0.2, 0.25) is 0 Å². The van der Waals surface area contributed by atoms with E-state index in [0.29, 0.717) is 16.0 Å². The molecule has 0 radical (unpaired) electrons. The van der Waals surface area contributed by atoms with Crippen LogP contribution in [0.2, 0.25) is 0 Å². The van der Waals surface area contributed by atoms with Crippen LogP contribution in [-0.2, 0) is 6.42 Å². The molecule has 0 saturated carbocycles. The summed E-state index contributed by atoms with van der Waals surface area (Å²) in [6.07, 6.45) is 3.55. The van der Waals surface area contributed by atoms with Gasteiger partial charge in [-0.05, 0) is 18.4 Å². The average Bonchev–Trinajstić information content (AvgIpc) is 2.46. The third kappa shape index (κ3) is 3.97. The second kappa shape index (κ2) is 6.92. The molecule has 2 aromatic rings. The first-order chi connectivity index (χ1) is 9.69. The van der Waals surface area contributed by atoms with Crippen LogP contribution >= 0.6 is 11.8 Å². The van der Waals surface area contributed by atoms with Crippen molar-refractivity contribution in [3.63, 3.8) is 0 Å². The smallest absolute Gasteiger partial charge is 0.189 e. The summed E-state index contributed by atoms with van der Waals surface area (Å²) in [4.78, 5) is 8.30. The first kappa shape index (κ1) is 14.4. The molecular weight excluding hydrogens is 268 g/mol. The first-order valence-corrected chi connectivity index (χ1v) is 7.30. The van der Waals surface area contributed by atoms with Crippen molar-refractivity contribution in [2.75, 3.05) is 5.73 Å². The number of nitrogens with two attached hydrogens (primary N) is 1. The largest absolute Gasteiger partial charge is 0.382 e. The molecule has 0 bridgehead atoms. The van der Waals surface area contributed by atoms with Crippen LogP contribution in [0.3, 0.4) is 0 Å². The molecule has 1 aromatic carbocycles. The van der Waals surface area contributed by atoms with Crippen LogP contribution < -0.4 is 5.73 Å². The molecule has 102 valence electrons. The van der Waals surface area contributed by atoms with Crippen LogP contribution in [0.5, 0.6) is 0 Å². The monoisotopic (exact) mass is 284 g/mol. The van der Waals surface area contributed by atoms with E-state index in [2.05, 4.69) is 41.2 Å². The number of nitrogen functional groups attached to an aromatic ring is 1. The number of hydrogen-bond acceptors (Lipinski definition) is 5. The van der Waals surface area contributed by atoms with E-state index in [1.807, 2.05) is 12.1 Å². The topological polar surface area (TPSA) is 75.6 Å². The lowest BCUT2D eigenvalue weighted by molar-refractivity contribution is 0.805. The highest BCUT2D eigenvalue weighted by atomic mass is 32.2. The van der Waals surface area contributed by atoms with Crippen molar-refractivity contribution in [2.24, 2.45) is 0 Å². The molecule has 1 heterocycles. The summed E-state index contributed by atoms with van der Waals surface area (Å²) in [5.41, 5.74) is 7.34. The summed E-state index contributed by atoms with van der Waals surface area (Å²) in [5, 5.41) is 9.80. The minimum absolute atomic E-state index is 0.250. The Morgan fingerprint density at radius 2 is 2.10 bits per heavy atom. The molecule has 2 rings (SSSR count). The molecule has 0 aliphatic carbocycles. The Balaban J connectivity index is 1.90. The average molecular weight is 284 g/mol. The van der Waals surface area contributed by atoms with E-state index in [-0.39, 0.29) is 5.82 Å². The SMILES string of the molecule is CC(CCc1ccccc1)Sc1ncc(C#N)c(N)n1. The maximum atomic E-state index is 8.78. The molecule has 0 aliphatic rings. The number of hydrogen-bond donors (Lipinski definition) is 1. The number of anilines is 1. The van der Waals surface area contributed by atoms with Gasteiger partial charge in [-0.1, -0.05) is 49.0 Å². The fourth-order valence-electron chi connectivity index (χ4n) is 1.77. The van der Waals surface area contributed by atoms with Gasteiger partial charge in [0.1, 0.15) is 17.5 Å². The summed E-state index contributed by atoms with van der Waals surface area (Å²) in [6.45, 7) is 2.14. The third-order valence-electron chi connectivity index (χ3n) is 2.91. The number of nitriles is 1. The van der Waals surface area contributed by atoms with Crippen molar-refractivity contribution < 1.29 is 0 Å². The van der Waals surface area contributed by atoms with E-state index in [4.69, 9.17) is 11.0 Å². The lowest BCUT2D eigenvalue weighted by Gasteiger charge is -2.10. The zero-order chi connectivity index (χ0) is 14.4. The zero-order valence-electron chi connectivity index (χ0n) is 11.3. The predicted molar refractivity (Wildman–Crippen MR) is 81.2 cm³/mol. The lowest BCUT2D eigenvalue weighted by atomic mass is 10.1. The van der Waals surface area contributed by atoms with E-state index in [9.17, 15) is 0 Å². The second-order valence-corrected chi connectivity index (χ2v) is 5.92. The number of benzene rings is 1. The highest BCUT2D eigenvalue weighted by Gasteiger charge is 2.09. The van der Waals surface area contributed by atoms with Crippen LogP contribution in [0.4, 0.5) is 5.82 Å². The quantitative estimate of drug-likeness (QED) is 0.674. The van der Waals surface area contributed by atoms with Crippen LogP contribution in [-0.4, -0.2) is 15.2 Å². The van der Waals surface area contributed by atoms with Gasteiger partial charge in [-0.25, -0.2) is 9.97 Å². The van der Waals surface area contributed by atoms with Crippen molar-refractivity contribution in [1.82, 2.24) is 9.97 Å². The Morgan fingerprint density at radius 1 is 1.35 bits per heavy atom. The number of thioether (sulfide) groups is 1. The molecule has 2 N–H and O–H groups in total. The maximum Gasteiger partial charge on any atom is 0.189 e. The molecule has 0 spiro atoms. The van der Waals surface area contributed by atoms with Gasteiger partial charge in [0.15, 0.2) is 5.16 Å². The Morgan fingerprint density at radius 3 is 2.75 bits per heavy atom. The van der Waals surface area contributed by atoms with Crippen LogP contribution in [0.1, 0.15) is 24.5 Å². The van der Waals surface area contributed by atoms with E-state index < -0.39 is 0 Å². The van der Waals surface area contributed by atoms with Gasteiger partial charge in [0.25, 0.3) is 0 Å². The van der Waals surface area contributed by atoms with Gasteiger partial charge in [-0.15, -0.1) is 0 Å². The van der Waals surface area contributed by atoms with Gasteiger partial charge < -0.3 is 5.73 Å². The minimum atomic E-state index is 0.250. The molecule has 4 nitrogen and oxygen atoms in total. The molecule has 0 saturated heterocycles. The van der Waals surface area contributed by atoms with Crippen LogP contribution in [0.25, 0.3) is 0 Å². The summed E-state index contributed by atoms with van der Waals surface area (Å²) in [7, 11) is 0. The van der Waals surface area contributed by atoms with Crippen molar-refractivity contribution in [2.45, 2.75) is 30.2 Å². The summed E-state index contributed by atoms with van der Waals surface area (Å²) >= 11 is 1.58. The van der Waals surface area contributed by atoms with Gasteiger partial charge in [0.05, 0.1) is 6.20 Å². The third-order valence-corrected chi connectivity index (χ3v) is 3.95. The molecule has 0 aliphatic heterocycles. The molecule has 0 fully saturated rings. The Hall–Kier alpha value is -2.06. The Kier molecular flexibility index (Phi) is 4.97. The van der Waals surface area contributed by atoms with Crippen LogP contribution in [0, 0.1) is 11.3 Å². The van der Waals surface area contributed by atoms with E-state index in [1.165, 1.54) is 11.8 Å². The minimum Gasteiger partial charge on any atom is -0.382 e. The standard InChI is InChI=1S/C15H16N4S/c1-11(7-8-12-5-3-2-4-6-12)20-15-18-10-13(9-16)14(17)19-15/h2-6,10-11H,7-8H2,1H3,(H2,17,18,19). The van der Waals surface area contributed by atoms with Gasteiger partial charge >= 0.3 is 0 Å². The summed E-state index contributed by atoms with van der Waals surface area (Å²) < 4.78 is 0.